The van der Waals surface area contributed by atoms with Crippen LogP contribution >= 0.6 is 11.6 Å². The van der Waals surface area contributed by atoms with Gasteiger partial charge in [0.1, 0.15) is 6.10 Å². The van der Waals surface area contributed by atoms with E-state index >= 15 is 0 Å². The predicted octanol–water partition coefficient (Wildman–Crippen LogP) is 4.96. The number of hydrogen-bond donors (Lipinski definition) is 0. The number of nitrogens with zero attached hydrogens (tertiary/aromatic N) is 3. The highest BCUT2D eigenvalue weighted by Gasteiger charge is 2.31. The third kappa shape index (κ3) is 3.80. The van der Waals surface area contributed by atoms with Crippen LogP contribution in [0, 0.1) is 6.57 Å². The summed E-state index contributed by atoms with van der Waals surface area (Å²) in [7, 11) is 0. The molecule has 1 aromatic heterocycles. The monoisotopic (exact) mass is 367 g/mol. The van der Waals surface area contributed by atoms with Gasteiger partial charge >= 0.3 is 6.18 Å². The summed E-state index contributed by atoms with van der Waals surface area (Å²) in [6.45, 7) is 8.37. The van der Waals surface area contributed by atoms with Crippen LogP contribution in [0.5, 0.6) is 5.88 Å². The zero-order valence-electron chi connectivity index (χ0n) is 12.9. The Bertz CT molecular complexity index is 802. The molecule has 0 spiro atoms. The number of ether oxygens (including phenoxy) is 1. The van der Waals surface area contributed by atoms with E-state index in [1.165, 1.54) is 6.07 Å². The molecule has 130 valence electrons. The lowest BCUT2D eigenvalue weighted by Gasteiger charge is -2.21. The van der Waals surface area contributed by atoms with Gasteiger partial charge in [-0.25, -0.2) is 9.83 Å². The molecule has 1 fully saturated rings. The molecule has 0 N–H and O–H groups in total. The summed E-state index contributed by atoms with van der Waals surface area (Å²) in [5, 5.41) is 0.488. The fourth-order valence-corrected chi connectivity index (χ4v) is 3.01. The van der Waals surface area contributed by atoms with Crippen molar-refractivity contribution >= 4 is 23.0 Å². The van der Waals surface area contributed by atoms with Gasteiger partial charge in [0, 0.05) is 25.2 Å². The summed E-state index contributed by atoms with van der Waals surface area (Å²) in [6, 6.07) is 7.29. The van der Waals surface area contributed by atoms with Crippen LogP contribution in [0.1, 0.15) is 12.0 Å². The SMILES string of the molecule is [C-]#[N+]c1cccc(Cl)c1N1CC[C@H](Oc2ccc(C(F)(F)F)cn2)C1. The Kier molecular flexibility index (Phi) is 4.73. The van der Waals surface area contributed by atoms with Crippen LogP contribution in [-0.4, -0.2) is 24.2 Å². The number of rotatable bonds is 3. The molecule has 8 heteroatoms. The van der Waals surface area contributed by atoms with Crippen LogP contribution in [0.2, 0.25) is 5.02 Å². The van der Waals surface area contributed by atoms with Crippen LogP contribution < -0.4 is 9.64 Å². The fraction of sp³-hybridized carbons (Fsp3) is 0.294. The second-order valence-corrected chi connectivity index (χ2v) is 5.98. The van der Waals surface area contributed by atoms with Crippen molar-refractivity contribution in [2.45, 2.75) is 18.7 Å². The fourth-order valence-electron chi connectivity index (χ4n) is 2.72. The molecule has 1 aliphatic heterocycles. The van der Waals surface area contributed by atoms with Gasteiger partial charge in [0.2, 0.25) is 11.6 Å². The summed E-state index contributed by atoms with van der Waals surface area (Å²) in [4.78, 5) is 9.15. The van der Waals surface area contributed by atoms with Gasteiger partial charge < -0.3 is 9.64 Å². The number of pyridine rings is 1. The largest absolute Gasteiger partial charge is 0.472 e. The molecule has 3 rings (SSSR count). The van der Waals surface area contributed by atoms with Gasteiger partial charge in [-0.3, -0.25) is 0 Å². The van der Waals surface area contributed by atoms with Crippen molar-refractivity contribution in [2.24, 2.45) is 0 Å². The summed E-state index contributed by atoms with van der Waals surface area (Å²) in [5.74, 6) is 0.143. The van der Waals surface area contributed by atoms with E-state index in [4.69, 9.17) is 22.9 Å². The molecule has 0 amide bonds. The number of aromatic nitrogens is 1. The van der Waals surface area contributed by atoms with Crippen molar-refractivity contribution in [3.63, 3.8) is 0 Å². The lowest BCUT2D eigenvalue weighted by molar-refractivity contribution is -0.137. The molecule has 4 nitrogen and oxygen atoms in total. The number of hydrogen-bond acceptors (Lipinski definition) is 3. The summed E-state index contributed by atoms with van der Waals surface area (Å²) >= 11 is 6.21. The normalized spacial score (nSPS) is 17.4. The average Bonchev–Trinajstić information content (AvgIpc) is 3.02. The topological polar surface area (TPSA) is 29.7 Å². The minimum absolute atomic E-state index is 0.143. The molecular formula is C17H13ClF3N3O. The highest BCUT2D eigenvalue weighted by Crippen LogP contribution is 2.38. The Labute approximate surface area is 147 Å². The Balaban J connectivity index is 1.69. The molecule has 0 aliphatic carbocycles. The molecule has 2 heterocycles. The Morgan fingerprint density at radius 1 is 1.28 bits per heavy atom. The van der Waals surface area contributed by atoms with E-state index in [1.54, 1.807) is 18.2 Å². The average molecular weight is 368 g/mol. The lowest BCUT2D eigenvalue weighted by atomic mass is 10.2. The van der Waals surface area contributed by atoms with Gasteiger partial charge in [0.15, 0.2) is 0 Å². The van der Waals surface area contributed by atoms with Crippen LogP contribution in [0.15, 0.2) is 36.5 Å². The number of anilines is 1. The van der Waals surface area contributed by atoms with Gasteiger partial charge in [-0.1, -0.05) is 23.7 Å². The number of para-hydroxylation sites is 1. The predicted molar refractivity (Wildman–Crippen MR) is 88.2 cm³/mol. The van der Waals surface area contributed by atoms with Crippen LogP contribution in [0.25, 0.3) is 4.85 Å². The number of alkyl halides is 3. The molecule has 0 saturated carbocycles. The molecule has 1 aliphatic rings. The van der Waals surface area contributed by atoms with Crippen LogP contribution in [0.3, 0.4) is 0 Å². The van der Waals surface area contributed by atoms with Gasteiger partial charge in [-0.05, 0) is 12.1 Å². The lowest BCUT2D eigenvalue weighted by Crippen LogP contribution is -2.25. The highest BCUT2D eigenvalue weighted by molar-refractivity contribution is 6.34. The van der Waals surface area contributed by atoms with E-state index < -0.39 is 11.7 Å². The van der Waals surface area contributed by atoms with Crippen molar-refractivity contribution in [1.82, 2.24) is 4.98 Å². The van der Waals surface area contributed by atoms with E-state index in [0.29, 0.717) is 35.9 Å². The summed E-state index contributed by atoms with van der Waals surface area (Å²) in [6.07, 6.45) is -3.24. The first-order chi connectivity index (χ1) is 11.9. The molecule has 1 atom stereocenters. The smallest absolute Gasteiger partial charge is 0.417 e. The highest BCUT2D eigenvalue weighted by atomic mass is 35.5. The van der Waals surface area contributed by atoms with Crippen molar-refractivity contribution in [2.75, 3.05) is 18.0 Å². The Hall–Kier alpha value is -2.46. The molecule has 0 unspecified atom stereocenters. The van der Waals surface area contributed by atoms with Gasteiger partial charge in [0.05, 0.1) is 29.4 Å². The minimum atomic E-state index is -4.42. The van der Waals surface area contributed by atoms with Crippen LogP contribution in [-0.2, 0) is 6.18 Å². The number of benzene rings is 1. The second-order valence-electron chi connectivity index (χ2n) is 5.58. The third-order valence-electron chi connectivity index (χ3n) is 3.90. The van der Waals surface area contributed by atoms with E-state index in [9.17, 15) is 13.2 Å². The van der Waals surface area contributed by atoms with Crippen molar-refractivity contribution in [3.8, 4) is 5.88 Å². The molecular weight excluding hydrogens is 355 g/mol. The first-order valence-electron chi connectivity index (χ1n) is 7.49. The Morgan fingerprint density at radius 2 is 2.08 bits per heavy atom. The maximum atomic E-state index is 12.5. The van der Waals surface area contributed by atoms with E-state index in [-0.39, 0.29) is 12.0 Å². The van der Waals surface area contributed by atoms with Crippen LogP contribution in [0.4, 0.5) is 24.5 Å². The zero-order valence-corrected chi connectivity index (χ0v) is 13.7. The van der Waals surface area contributed by atoms with Crippen molar-refractivity contribution in [1.29, 1.82) is 0 Å². The van der Waals surface area contributed by atoms with Gasteiger partial charge in [-0.2, -0.15) is 13.2 Å². The standard InChI is InChI=1S/C17H13ClF3N3O/c1-22-14-4-2-3-13(18)16(14)24-8-7-12(10-24)25-15-6-5-11(9-23-15)17(19,20)21/h2-6,9,12H,7-8,10H2/t12-/m0/s1. The van der Waals surface area contributed by atoms with Gasteiger partial charge in [-0.15, -0.1) is 0 Å². The van der Waals surface area contributed by atoms with E-state index in [1.807, 2.05) is 4.90 Å². The molecule has 0 bridgehead atoms. The quantitative estimate of drug-likeness (QED) is 0.718. The third-order valence-corrected chi connectivity index (χ3v) is 4.20. The summed E-state index contributed by atoms with van der Waals surface area (Å²) in [5.41, 5.74) is 0.303. The maximum Gasteiger partial charge on any atom is 0.417 e. The molecule has 2 aromatic rings. The van der Waals surface area contributed by atoms with E-state index in [2.05, 4.69) is 9.83 Å². The molecule has 25 heavy (non-hydrogen) atoms. The first-order valence-corrected chi connectivity index (χ1v) is 7.87. The van der Waals surface area contributed by atoms with E-state index in [0.717, 1.165) is 12.3 Å². The van der Waals surface area contributed by atoms with Crippen molar-refractivity contribution in [3.05, 3.63) is 58.5 Å². The Morgan fingerprint density at radius 3 is 2.72 bits per heavy atom. The molecule has 0 radical (unpaired) electrons. The first kappa shape index (κ1) is 17.4. The maximum absolute atomic E-state index is 12.5. The minimum Gasteiger partial charge on any atom is -0.472 e. The molecule has 1 aromatic carbocycles. The van der Waals surface area contributed by atoms with Crippen molar-refractivity contribution < 1.29 is 17.9 Å². The zero-order chi connectivity index (χ0) is 18.0. The molecule has 1 saturated heterocycles. The number of halogens is 4. The summed E-state index contributed by atoms with van der Waals surface area (Å²) < 4.78 is 43.3. The second kappa shape index (κ2) is 6.81. The van der Waals surface area contributed by atoms with Gasteiger partial charge in [0.25, 0.3) is 0 Å².